The molecule has 6 nitrogen and oxygen atoms in total. The summed E-state index contributed by atoms with van der Waals surface area (Å²) in [6.45, 7) is 4.14. The number of nitrogen functional groups attached to an aromatic ring is 1. The second-order valence-electron chi connectivity index (χ2n) is 8.05. The van der Waals surface area contributed by atoms with E-state index in [0.29, 0.717) is 6.42 Å². The van der Waals surface area contributed by atoms with Crippen molar-refractivity contribution in [2.75, 3.05) is 32.0 Å². The molecule has 158 valence electrons. The molecule has 2 N–H and O–H groups in total. The quantitative estimate of drug-likeness (QED) is 0.463. The summed E-state index contributed by atoms with van der Waals surface area (Å²) in [5.41, 5.74) is 10.7. The molecule has 31 heavy (non-hydrogen) atoms. The van der Waals surface area contributed by atoms with Gasteiger partial charge in [0.25, 0.3) is 0 Å². The molecule has 5 rings (SSSR count). The molecular weight excluding hydrogens is 386 g/mol. The second-order valence-corrected chi connectivity index (χ2v) is 8.05. The molecule has 0 amide bonds. The molecule has 0 saturated carbocycles. The summed E-state index contributed by atoms with van der Waals surface area (Å²) in [4.78, 5) is 7.18. The molecule has 0 radical (unpaired) electrons. The zero-order valence-corrected chi connectivity index (χ0v) is 17.6. The van der Waals surface area contributed by atoms with E-state index in [4.69, 9.17) is 20.6 Å². The lowest BCUT2D eigenvalue weighted by Gasteiger charge is -2.14. The van der Waals surface area contributed by atoms with Crippen LogP contribution in [0.15, 0.2) is 66.7 Å². The van der Waals surface area contributed by atoms with Gasteiger partial charge in [-0.1, -0.05) is 30.3 Å². The number of likely N-dealkylation sites (tertiary alicyclic amines) is 1. The molecule has 1 saturated heterocycles. The third-order valence-corrected chi connectivity index (χ3v) is 5.75. The number of nitrogens with zero attached hydrogens (tertiary/aromatic N) is 4. The van der Waals surface area contributed by atoms with Gasteiger partial charge in [-0.15, -0.1) is 0 Å². The molecule has 4 aromatic rings. The monoisotopic (exact) mass is 413 g/mol. The fraction of sp³-hybridized carbons (Fsp3) is 0.280. The van der Waals surface area contributed by atoms with Gasteiger partial charge < -0.3 is 10.5 Å². The molecule has 2 aromatic heterocycles. The van der Waals surface area contributed by atoms with Crippen molar-refractivity contribution in [3.63, 3.8) is 0 Å². The topological polar surface area (TPSA) is 68.7 Å². The van der Waals surface area contributed by atoms with Crippen molar-refractivity contribution in [3.8, 4) is 17.0 Å². The first kappa shape index (κ1) is 19.6. The van der Waals surface area contributed by atoms with E-state index in [2.05, 4.69) is 17.0 Å². The average Bonchev–Trinajstić information content (AvgIpc) is 3.44. The minimum Gasteiger partial charge on any atom is -0.492 e. The number of fused-ring (bicyclic) bond motifs is 1. The molecule has 1 aliphatic heterocycles. The first-order chi connectivity index (χ1) is 15.2. The molecule has 3 heterocycles. The van der Waals surface area contributed by atoms with Crippen molar-refractivity contribution in [2.45, 2.75) is 19.3 Å². The Morgan fingerprint density at radius 1 is 0.935 bits per heavy atom. The summed E-state index contributed by atoms with van der Waals surface area (Å²) in [5.74, 6) is 1.70. The standard InChI is InChI=1S/C25H27N5O/c26-21-6-3-5-20(18-21)23-7-4-8-25-27-24(28-30(23)25)17-19-9-11-22(12-10-19)31-16-15-29-13-1-2-14-29/h3-12,18H,1-2,13-17,26H2. The maximum absolute atomic E-state index is 5.96. The summed E-state index contributed by atoms with van der Waals surface area (Å²) in [6, 6.07) is 22.1. The van der Waals surface area contributed by atoms with Crippen LogP contribution in [0.5, 0.6) is 5.75 Å². The minimum absolute atomic E-state index is 0.673. The Morgan fingerprint density at radius 2 is 1.74 bits per heavy atom. The van der Waals surface area contributed by atoms with Crippen molar-refractivity contribution in [3.05, 3.63) is 78.1 Å². The van der Waals surface area contributed by atoms with Gasteiger partial charge in [-0.3, -0.25) is 4.90 Å². The largest absolute Gasteiger partial charge is 0.492 e. The van der Waals surface area contributed by atoms with Crippen LogP contribution in [0, 0.1) is 0 Å². The predicted octanol–water partition coefficient (Wildman–Crippen LogP) is 4.04. The van der Waals surface area contributed by atoms with E-state index in [1.807, 2.05) is 59.1 Å². The van der Waals surface area contributed by atoms with Crippen LogP contribution in [0.1, 0.15) is 24.2 Å². The number of aromatic nitrogens is 3. The number of rotatable bonds is 7. The zero-order valence-electron chi connectivity index (χ0n) is 17.6. The molecule has 0 bridgehead atoms. The lowest BCUT2D eigenvalue weighted by atomic mass is 10.1. The highest BCUT2D eigenvalue weighted by atomic mass is 16.5. The average molecular weight is 414 g/mol. The van der Waals surface area contributed by atoms with Gasteiger partial charge in [-0.2, -0.15) is 5.10 Å². The number of pyridine rings is 1. The summed E-state index contributed by atoms with van der Waals surface area (Å²) in [5, 5.41) is 4.76. The second kappa shape index (κ2) is 8.78. The van der Waals surface area contributed by atoms with Crippen LogP contribution in [0.3, 0.4) is 0 Å². The normalized spacial score (nSPS) is 14.3. The van der Waals surface area contributed by atoms with E-state index in [9.17, 15) is 0 Å². The highest BCUT2D eigenvalue weighted by Gasteiger charge is 2.12. The number of hydrogen-bond acceptors (Lipinski definition) is 5. The molecular formula is C25H27N5O. The van der Waals surface area contributed by atoms with Crippen molar-refractivity contribution >= 4 is 11.3 Å². The van der Waals surface area contributed by atoms with E-state index < -0.39 is 0 Å². The molecule has 1 aliphatic rings. The lowest BCUT2D eigenvalue weighted by molar-refractivity contribution is 0.238. The van der Waals surface area contributed by atoms with Gasteiger partial charge in [-0.25, -0.2) is 9.50 Å². The van der Waals surface area contributed by atoms with Gasteiger partial charge >= 0.3 is 0 Å². The Bertz CT molecular complexity index is 1160. The first-order valence-electron chi connectivity index (χ1n) is 10.9. The van der Waals surface area contributed by atoms with E-state index >= 15 is 0 Å². The van der Waals surface area contributed by atoms with E-state index in [0.717, 1.165) is 52.9 Å². The van der Waals surface area contributed by atoms with Crippen LogP contribution >= 0.6 is 0 Å². The Kier molecular flexibility index (Phi) is 5.54. The molecule has 0 atom stereocenters. The van der Waals surface area contributed by atoms with Crippen LogP contribution < -0.4 is 10.5 Å². The molecule has 0 aliphatic carbocycles. The van der Waals surface area contributed by atoms with Crippen molar-refractivity contribution in [1.29, 1.82) is 0 Å². The molecule has 0 unspecified atom stereocenters. The number of nitrogens with two attached hydrogens (primary N) is 1. The maximum Gasteiger partial charge on any atom is 0.156 e. The van der Waals surface area contributed by atoms with Crippen LogP contribution in [-0.4, -0.2) is 45.7 Å². The van der Waals surface area contributed by atoms with Crippen LogP contribution in [0.2, 0.25) is 0 Å². The van der Waals surface area contributed by atoms with Gasteiger partial charge in [-0.05, 0) is 67.9 Å². The summed E-state index contributed by atoms with van der Waals surface area (Å²) < 4.78 is 7.80. The smallest absolute Gasteiger partial charge is 0.156 e. The molecule has 0 spiro atoms. The lowest BCUT2D eigenvalue weighted by Crippen LogP contribution is -2.25. The fourth-order valence-corrected chi connectivity index (χ4v) is 4.13. The number of anilines is 1. The third-order valence-electron chi connectivity index (χ3n) is 5.75. The zero-order chi connectivity index (χ0) is 21.0. The SMILES string of the molecule is Nc1cccc(-c2cccc3nc(Cc4ccc(OCCN5CCCC5)cc4)nn23)c1. The van der Waals surface area contributed by atoms with E-state index in [-0.39, 0.29) is 0 Å². The van der Waals surface area contributed by atoms with Gasteiger partial charge in [0.2, 0.25) is 0 Å². The predicted molar refractivity (Wildman–Crippen MR) is 123 cm³/mol. The molecule has 6 heteroatoms. The fourth-order valence-electron chi connectivity index (χ4n) is 4.13. The van der Waals surface area contributed by atoms with E-state index in [1.54, 1.807) is 0 Å². The van der Waals surface area contributed by atoms with Gasteiger partial charge in [0.05, 0.1) is 5.69 Å². The number of benzene rings is 2. The van der Waals surface area contributed by atoms with Gasteiger partial charge in [0.1, 0.15) is 12.4 Å². The van der Waals surface area contributed by atoms with Crippen molar-refractivity contribution in [1.82, 2.24) is 19.5 Å². The minimum atomic E-state index is 0.673. The molecule has 1 fully saturated rings. The number of ether oxygens (including phenoxy) is 1. The van der Waals surface area contributed by atoms with Crippen molar-refractivity contribution < 1.29 is 4.74 Å². The molecule has 2 aromatic carbocycles. The summed E-state index contributed by atoms with van der Waals surface area (Å²) in [7, 11) is 0. The van der Waals surface area contributed by atoms with Crippen molar-refractivity contribution in [2.24, 2.45) is 0 Å². The van der Waals surface area contributed by atoms with Crippen LogP contribution in [0.4, 0.5) is 5.69 Å². The maximum atomic E-state index is 5.96. The van der Waals surface area contributed by atoms with Gasteiger partial charge in [0, 0.05) is 24.2 Å². The van der Waals surface area contributed by atoms with Crippen LogP contribution in [-0.2, 0) is 6.42 Å². The summed E-state index contributed by atoms with van der Waals surface area (Å²) >= 11 is 0. The highest BCUT2D eigenvalue weighted by Crippen LogP contribution is 2.23. The highest BCUT2D eigenvalue weighted by molar-refractivity contribution is 5.66. The van der Waals surface area contributed by atoms with Gasteiger partial charge in [0.15, 0.2) is 11.5 Å². The first-order valence-corrected chi connectivity index (χ1v) is 10.9. The Morgan fingerprint density at radius 3 is 2.55 bits per heavy atom. The Labute approximate surface area is 182 Å². The number of hydrogen-bond donors (Lipinski definition) is 1. The third kappa shape index (κ3) is 4.54. The Hall–Kier alpha value is -3.38. The van der Waals surface area contributed by atoms with E-state index in [1.165, 1.54) is 25.9 Å². The van der Waals surface area contributed by atoms with Crippen LogP contribution in [0.25, 0.3) is 16.9 Å². The Balaban J connectivity index is 1.27. The summed E-state index contributed by atoms with van der Waals surface area (Å²) in [6.07, 6.45) is 3.30.